The molecule has 0 bridgehead atoms. The number of thiophene rings is 1. The van der Waals surface area contributed by atoms with Gasteiger partial charge in [-0.3, -0.25) is 0 Å². The van der Waals surface area contributed by atoms with Crippen LogP contribution in [-0.4, -0.2) is 18.3 Å². The summed E-state index contributed by atoms with van der Waals surface area (Å²) in [4.78, 5) is 1.43. The van der Waals surface area contributed by atoms with Gasteiger partial charge in [0.25, 0.3) is 0 Å². The largest absolute Gasteiger partial charge is 0.396 e. The first-order valence-electron chi connectivity index (χ1n) is 5.76. The van der Waals surface area contributed by atoms with E-state index in [1.165, 1.54) is 17.7 Å². The minimum absolute atomic E-state index is 0.305. The van der Waals surface area contributed by atoms with E-state index in [0.29, 0.717) is 12.6 Å². The zero-order valence-electron chi connectivity index (χ0n) is 9.41. The van der Waals surface area contributed by atoms with Gasteiger partial charge in [0.05, 0.1) is 0 Å². The standard InChI is InChI=1S/C12H21NOS/c1-2-6-11(12-7-5-10-15-12)13-8-3-4-9-14/h5,7,10-11,13-14H,2-4,6,8-9H2,1H3. The van der Waals surface area contributed by atoms with E-state index in [0.717, 1.165) is 19.4 Å². The maximum Gasteiger partial charge on any atom is 0.0431 e. The van der Waals surface area contributed by atoms with Gasteiger partial charge in [-0.1, -0.05) is 19.4 Å². The molecule has 0 fully saturated rings. The lowest BCUT2D eigenvalue weighted by atomic mass is 10.1. The molecule has 2 nitrogen and oxygen atoms in total. The molecule has 0 radical (unpaired) electrons. The molecule has 0 aromatic carbocycles. The molecule has 1 atom stereocenters. The lowest BCUT2D eigenvalue weighted by molar-refractivity contribution is 0.282. The SMILES string of the molecule is CCCC(NCCCCO)c1cccs1. The van der Waals surface area contributed by atoms with Crippen LogP contribution >= 0.6 is 11.3 Å². The molecule has 0 spiro atoms. The van der Waals surface area contributed by atoms with Crippen molar-refractivity contribution in [2.24, 2.45) is 0 Å². The molecule has 0 amide bonds. The van der Waals surface area contributed by atoms with Crippen LogP contribution in [0.1, 0.15) is 43.5 Å². The highest BCUT2D eigenvalue weighted by atomic mass is 32.1. The number of nitrogens with one attached hydrogen (secondary N) is 1. The highest BCUT2D eigenvalue weighted by Crippen LogP contribution is 2.22. The fourth-order valence-electron chi connectivity index (χ4n) is 1.64. The summed E-state index contributed by atoms with van der Waals surface area (Å²) in [6, 6.07) is 4.82. The van der Waals surface area contributed by atoms with Crippen LogP contribution in [0, 0.1) is 0 Å². The molecule has 0 saturated carbocycles. The normalized spacial score (nSPS) is 12.9. The summed E-state index contributed by atoms with van der Waals surface area (Å²) in [7, 11) is 0. The van der Waals surface area contributed by atoms with Crippen molar-refractivity contribution in [1.82, 2.24) is 5.32 Å². The minimum Gasteiger partial charge on any atom is -0.396 e. The Morgan fingerprint density at radius 1 is 1.47 bits per heavy atom. The monoisotopic (exact) mass is 227 g/mol. The summed E-state index contributed by atoms with van der Waals surface area (Å²) in [5.74, 6) is 0. The van der Waals surface area contributed by atoms with Crippen molar-refractivity contribution < 1.29 is 5.11 Å². The van der Waals surface area contributed by atoms with Gasteiger partial charge in [0, 0.05) is 17.5 Å². The quantitative estimate of drug-likeness (QED) is 0.669. The van der Waals surface area contributed by atoms with E-state index in [-0.39, 0.29) is 0 Å². The molecule has 2 N–H and O–H groups in total. The second-order valence-corrected chi connectivity index (χ2v) is 4.72. The Bertz CT molecular complexity index is 236. The Morgan fingerprint density at radius 2 is 2.33 bits per heavy atom. The van der Waals surface area contributed by atoms with Gasteiger partial charge in [-0.2, -0.15) is 0 Å². The first-order valence-corrected chi connectivity index (χ1v) is 6.64. The third-order valence-electron chi connectivity index (χ3n) is 2.44. The van der Waals surface area contributed by atoms with Crippen LogP contribution in [0.3, 0.4) is 0 Å². The van der Waals surface area contributed by atoms with Gasteiger partial charge in [-0.05, 0) is 37.3 Å². The van der Waals surface area contributed by atoms with Crippen LogP contribution in [0.2, 0.25) is 0 Å². The van der Waals surface area contributed by atoms with E-state index in [2.05, 4.69) is 29.8 Å². The van der Waals surface area contributed by atoms with E-state index in [9.17, 15) is 0 Å². The maximum absolute atomic E-state index is 8.69. The van der Waals surface area contributed by atoms with Crippen molar-refractivity contribution >= 4 is 11.3 Å². The van der Waals surface area contributed by atoms with Gasteiger partial charge >= 0.3 is 0 Å². The molecule has 0 aliphatic rings. The van der Waals surface area contributed by atoms with Crippen molar-refractivity contribution in [1.29, 1.82) is 0 Å². The van der Waals surface area contributed by atoms with Crippen LogP contribution in [0.5, 0.6) is 0 Å². The topological polar surface area (TPSA) is 32.3 Å². The lowest BCUT2D eigenvalue weighted by Crippen LogP contribution is -2.21. The summed E-state index contributed by atoms with van der Waals surface area (Å²) in [5, 5.41) is 14.4. The predicted molar refractivity (Wildman–Crippen MR) is 66.3 cm³/mol. The van der Waals surface area contributed by atoms with E-state index >= 15 is 0 Å². The van der Waals surface area contributed by atoms with Gasteiger partial charge in [0.1, 0.15) is 0 Å². The predicted octanol–water partition coefficient (Wildman–Crippen LogP) is 2.95. The van der Waals surface area contributed by atoms with Gasteiger partial charge in [-0.15, -0.1) is 11.3 Å². The van der Waals surface area contributed by atoms with Crippen molar-refractivity contribution in [3.05, 3.63) is 22.4 Å². The zero-order valence-corrected chi connectivity index (χ0v) is 10.2. The average Bonchev–Trinajstić information content (AvgIpc) is 2.76. The molecule has 1 unspecified atom stereocenters. The maximum atomic E-state index is 8.69. The highest BCUT2D eigenvalue weighted by molar-refractivity contribution is 7.10. The molecule has 1 heterocycles. The first kappa shape index (κ1) is 12.7. The highest BCUT2D eigenvalue weighted by Gasteiger charge is 2.09. The Morgan fingerprint density at radius 3 is 2.93 bits per heavy atom. The van der Waals surface area contributed by atoms with Crippen LogP contribution in [-0.2, 0) is 0 Å². The number of rotatable bonds is 8. The van der Waals surface area contributed by atoms with Gasteiger partial charge in [0.15, 0.2) is 0 Å². The molecular weight excluding hydrogens is 206 g/mol. The van der Waals surface area contributed by atoms with E-state index < -0.39 is 0 Å². The average molecular weight is 227 g/mol. The summed E-state index contributed by atoms with van der Waals surface area (Å²) in [5.41, 5.74) is 0. The third kappa shape index (κ3) is 4.78. The molecule has 0 saturated heterocycles. The second-order valence-electron chi connectivity index (χ2n) is 3.74. The third-order valence-corrected chi connectivity index (χ3v) is 3.43. The zero-order chi connectivity index (χ0) is 10.9. The summed E-state index contributed by atoms with van der Waals surface area (Å²) < 4.78 is 0. The van der Waals surface area contributed by atoms with Crippen LogP contribution in [0.4, 0.5) is 0 Å². The van der Waals surface area contributed by atoms with Crippen LogP contribution in [0.25, 0.3) is 0 Å². The number of aliphatic hydroxyl groups is 1. The van der Waals surface area contributed by atoms with E-state index in [4.69, 9.17) is 5.11 Å². The summed E-state index contributed by atoms with van der Waals surface area (Å²) in [6.45, 7) is 3.53. The molecule has 1 aromatic rings. The minimum atomic E-state index is 0.305. The van der Waals surface area contributed by atoms with Crippen LogP contribution < -0.4 is 5.32 Å². The van der Waals surface area contributed by atoms with Crippen molar-refractivity contribution in [3.63, 3.8) is 0 Å². The van der Waals surface area contributed by atoms with Crippen LogP contribution in [0.15, 0.2) is 17.5 Å². The lowest BCUT2D eigenvalue weighted by Gasteiger charge is -2.16. The molecule has 1 rings (SSSR count). The molecule has 0 aliphatic heterocycles. The number of hydrogen-bond acceptors (Lipinski definition) is 3. The number of hydrogen-bond donors (Lipinski definition) is 2. The van der Waals surface area contributed by atoms with Crippen molar-refractivity contribution in [2.75, 3.05) is 13.2 Å². The summed E-state index contributed by atoms with van der Waals surface area (Å²) >= 11 is 1.82. The molecule has 0 aliphatic carbocycles. The Labute approximate surface area is 96.3 Å². The molecule has 1 aromatic heterocycles. The smallest absolute Gasteiger partial charge is 0.0431 e. The molecule has 3 heteroatoms. The fraction of sp³-hybridized carbons (Fsp3) is 0.667. The fourth-order valence-corrected chi connectivity index (χ4v) is 2.47. The molecule has 15 heavy (non-hydrogen) atoms. The van der Waals surface area contributed by atoms with E-state index in [1.807, 2.05) is 11.3 Å². The Balaban J connectivity index is 2.31. The second kappa shape index (κ2) is 7.85. The molecular formula is C12H21NOS. The number of aliphatic hydroxyl groups excluding tert-OH is 1. The van der Waals surface area contributed by atoms with Gasteiger partial charge < -0.3 is 10.4 Å². The first-order chi connectivity index (χ1) is 7.38. The van der Waals surface area contributed by atoms with Gasteiger partial charge in [-0.25, -0.2) is 0 Å². The van der Waals surface area contributed by atoms with Gasteiger partial charge in [0.2, 0.25) is 0 Å². The Hall–Kier alpha value is -0.380. The number of unbranched alkanes of at least 4 members (excludes halogenated alkanes) is 1. The Kier molecular flexibility index (Phi) is 6.64. The molecule has 86 valence electrons. The van der Waals surface area contributed by atoms with Crippen molar-refractivity contribution in [3.8, 4) is 0 Å². The summed E-state index contributed by atoms with van der Waals surface area (Å²) in [6.07, 6.45) is 4.35. The van der Waals surface area contributed by atoms with Crippen molar-refractivity contribution in [2.45, 2.75) is 38.6 Å². The van der Waals surface area contributed by atoms with E-state index in [1.54, 1.807) is 0 Å².